The molecule has 2 aliphatic rings. The lowest BCUT2D eigenvalue weighted by Crippen LogP contribution is -2.57. The molecule has 2 aliphatic heterocycles. The molecule has 2 atom stereocenters. The molecule has 0 amide bonds. The fraction of sp³-hybridized carbons (Fsp3) is 1.00. The molecule has 2 unspecified atom stereocenters. The van der Waals surface area contributed by atoms with E-state index in [1.165, 1.54) is 71.1 Å². The molecule has 2 heterocycles. The number of piperazine rings is 1. The highest BCUT2D eigenvalue weighted by atomic mass is 15.3. The Bertz CT molecular complexity index is 287. The van der Waals surface area contributed by atoms with Gasteiger partial charge in [-0.1, -0.05) is 53.4 Å². The van der Waals surface area contributed by atoms with Gasteiger partial charge in [-0.05, 0) is 44.2 Å². The number of rotatable bonds is 8. The van der Waals surface area contributed by atoms with Crippen LogP contribution in [0.2, 0.25) is 0 Å². The van der Waals surface area contributed by atoms with E-state index in [0.717, 1.165) is 23.9 Å². The molecule has 0 aromatic heterocycles. The summed E-state index contributed by atoms with van der Waals surface area (Å²) in [6, 6.07) is 1.68. The zero-order chi connectivity index (χ0) is 15.2. The van der Waals surface area contributed by atoms with Crippen molar-refractivity contribution in [3.05, 3.63) is 0 Å². The van der Waals surface area contributed by atoms with Crippen molar-refractivity contribution in [3.8, 4) is 0 Å². The molecule has 2 rings (SSSR count). The summed E-state index contributed by atoms with van der Waals surface area (Å²) in [6.45, 7) is 14.9. The van der Waals surface area contributed by atoms with E-state index in [1.54, 1.807) is 0 Å². The van der Waals surface area contributed by atoms with Crippen molar-refractivity contribution < 1.29 is 0 Å². The van der Waals surface area contributed by atoms with Gasteiger partial charge in [-0.2, -0.15) is 0 Å². The van der Waals surface area contributed by atoms with E-state index in [9.17, 15) is 0 Å². The molecule has 0 N–H and O–H groups in total. The van der Waals surface area contributed by atoms with Gasteiger partial charge in [0.25, 0.3) is 0 Å². The van der Waals surface area contributed by atoms with E-state index in [2.05, 4.69) is 37.5 Å². The average Bonchev–Trinajstić information content (AvgIpc) is 2.88. The number of nitrogens with zero attached hydrogens (tertiary/aromatic N) is 2. The van der Waals surface area contributed by atoms with E-state index >= 15 is 0 Å². The van der Waals surface area contributed by atoms with Crippen molar-refractivity contribution in [3.63, 3.8) is 0 Å². The molecule has 0 spiro atoms. The van der Waals surface area contributed by atoms with Gasteiger partial charge in [0.1, 0.15) is 0 Å². The lowest BCUT2D eigenvalue weighted by molar-refractivity contribution is 0.0283. The summed E-state index contributed by atoms with van der Waals surface area (Å²) in [5.74, 6) is 1.68. The smallest absolute Gasteiger partial charge is 0.0246 e. The summed E-state index contributed by atoms with van der Waals surface area (Å²) >= 11 is 0. The van der Waals surface area contributed by atoms with Crippen molar-refractivity contribution in [2.75, 3.05) is 26.2 Å². The molecule has 2 heteroatoms. The predicted molar refractivity (Wildman–Crippen MR) is 92.7 cm³/mol. The minimum Gasteiger partial charge on any atom is -0.298 e. The molecular weight excluding hydrogens is 256 g/mol. The summed E-state index contributed by atoms with van der Waals surface area (Å²) in [7, 11) is 0. The number of fused-ring (bicyclic) bond motifs is 1. The first-order valence-electron chi connectivity index (χ1n) is 9.56. The summed E-state index contributed by atoms with van der Waals surface area (Å²) in [4.78, 5) is 5.60. The second-order valence-electron chi connectivity index (χ2n) is 8.19. The quantitative estimate of drug-likeness (QED) is 0.612. The van der Waals surface area contributed by atoms with Gasteiger partial charge in [0.2, 0.25) is 0 Å². The van der Waals surface area contributed by atoms with Crippen LogP contribution in [0.3, 0.4) is 0 Å². The van der Waals surface area contributed by atoms with Gasteiger partial charge in [0.05, 0.1) is 0 Å². The lowest BCUT2D eigenvalue weighted by Gasteiger charge is -2.45. The number of hydrogen-bond donors (Lipinski definition) is 0. The number of hydrogen-bond acceptors (Lipinski definition) is 2. The Balaban J connectivity index is 1.69. The minimum atomic E-state index is 0.799. The highest BCUT2D eigenvalue weighted by Crippen LogP contribution is 2.27. The Labute approximate surface area is 133 Å². The maximum atomic E-state index is 2.83. The fourth-order valence-electron chi connectivity index (χ4n) is 4.21. The highest BCUT2D eigenvalue weighted by molar-refractivity contribution is 4.93. The van der Waals surface area contributed by atoms with Gasteiger partial charge >= 0.3 is 0 Å². The second-order valence-corrected chi connectivity index (χ2v) is 8.19. The van der Waals surface area contributed by atoms with Crippen LogP contribution in [0, 0.1) is 11.8 Å². The topological polar surface area (TPSA) is 6.48 Å². The Morgan fingerprint density at radius 3 is 2.43 bits per heavy atom. The van der Waals surface area contributed by atoms with Gasteiger partial charge in [0.15, 0.2) is 0 Å². The summed E-state index contributed by atoms with van der Waals surface area (Å²) < 4.78 is 0. The van der Waals surface area contributed by atoms with Crippen LogP contribution in [0.1, 0.15) is 72.6 Å². The number of unbranched alkanes of at least 4 members (excludes halogenated alkanes) is 3. The normalized spacial score (nSPS) is 27.7. The predicted octanol–water partition coefficient (Wildman–Crippen LogP) is 4.40. The van der Waals surface area contributed by atoms with Gasteiger partial charge in [0, 0.05) is 25.2 Å². The van der Waals surface area contributed by atoms with E-state index in [4.69, 9.17) is 0 Å². The van der Waals surface area contributed by atoms with E-state index in [1.807, 2.05) is 0 Å². The zero-order valence-electron chi connectivity index (χ0n) is 15.0. The largest absolute Gasteiger partial charge is 0.298 e. The summed E-state index contributed by atoms with van der Waals surface area (Å²) in [6.07, 6.45) is 10.00. The molecule has 0 aliphatic carbocycles. The van der Waals surface area contributed by atoms with Crippen LogP contribution in [-0.4, -0.2) is 48.1 Å². The monoisotopic (exact) mass is 294 g/mol. The zero-order valence-corrected chi connectivity index (χ0v) is 15.0. The summed E-state index contributed by atoms with van der Waals surface area (Å²) in [5, 5.41) is 0. The lowest BCUT2D eigenvalue weighted by atomic mass is 9.96. The van der Waals surface area contributed by atoms with Crippen LogP contribution in [0.25, 0.3) is 0 Å². The molecule has 0 aromatic rings. The van der Waals surface area contributed by atoms with Crippen molar-refractivity contribution in [2.24, 2.45) is 11.8 Å². The third-order valence-electron chi connectivity index (χ3n) is 5.58. The van der Waals surface area contributed by atoms with Gasteiger partial charge in [-0.25, -0.2) is 0 Å². The molecule has 21 heavy (non-hydrogen) atoms. The molecule has 0 aromatic carbocycles. The van der Waals surface area contributed by atoms with Gasteiger partial charge < -0.3 is 0 Å². The molecular formula is C19H38N2. The Morgan fingerprint density at radius 1 is 0.952 bits per heavy atom. The molecule has 2 saturated heterocycles. The Hall–Kier alpha value is -0.0800. The fourth-order valence-corrected chi connectivity index (χ4v) is 4.21. The minimum absolute atomic E-state index is 0.799. The first-order valence-corrected chi connectivity index (χ1v) is 9.56. The first kappa shape index (κ1) is 17.3. The SMILES string of the molecule is CC(C)CCCCCCN1CC2CCCN2CC1C(C)C. The van der Waals surface area contributed by atoms with E-state index in [0.29, 0.717) is 0 Å². The van der Waals surface area contributed by atoms with E-state index in [-0.39, 0.29) is 0 Å². The third-order valence-corrected chi connectivity index (χ3v) is 5.58. The van der Waals surface area contributed by atoms with Crippen LogP contribution < -0.4 is 0 Å². The molecule has 0 bridgehead atoms. The molecule has 2 fully saturated rings. The van der Waals surface area contributed by atoms with Crippen LogP contribution in [0.5, 0.6) is 0 Å². The van der Waals surface area contributed by atoms with Crippen molar-refractivity contribution in [1.29, 1.82) is 0 Å². The van der Waals surface area contributed by atoms with Crippen molar-refractivity contribution >= 4 is 0 Å². The molecule has 2 nitrogen and oxygen atoms in total. The summed E-state index contributed by atoms with van der Waals surface area (Å²) in [5.41, 5.74) is 0. The maximum Gasteiger partial charge on any atom is 0.0246 e. The van der Waals surface area contributed by atoms with Gasteiger partial charge in [-0.3, -0.25) is 9.80 Å². The van der Waals surface area contributed by atoms with Crippen LogP contribution >= 0.6 is 0 Å². The van der Waals surface area contributed by atoms with Crippen LogP contribution in [0.15, 0.2) is 0 Å². The average molecular weight is 295 g/mol. The first-order chi connectivity index (χ1) is 10.1. The molecule has 124 valence electrons. The Morgan fingerprint density at radius 2 is 1.71 bits per heavy atom. The Kier molecular flexibility index (Phi) is 7.01. The van der Waals surface area contributed by atoms with Crippen LogP contribution in [0.4, 0.5) is 0 Å². The highest BCUT2D eigenvalue weighted by Gasteiger charge is 2.36. The molecule has 0 radical (unpaired) electrons. The standard InChI is InChI=1S/C19H38N2/c1-16(2)10-7-5-6-8-12-21-14-18-11-9-13-20(18)15-19(21)17(3)4/h16-19H,5-15H2,1-4H3. The van der Waals surface area contributed by atoms with Crippen molar-refractivity contribution in [1.82, 2.24) is 9.80 Å². The third kappa shape index (κ3) is 5.25. The molecule has 0 saturated carbocycles. The van der Waals surface area contributed by atoms with E-state index < -0.39 is 0 Å². The maximum absolute atomic E-state index is 2.83. The van der Waals surface area contributed by atoms with Gasteiger partial charge in [-0.15, -0.1) is 0 Å². The second kappa shape index (κ2) is 8.53. The van der Waals surface area contributed by atoms with Crippen LogP contribution in [-0.2, 0) is 0 Å². The van der Waals surface area contributed by atoms with Crippen molar-refractivity contribution in [2.45, 2.75) is 84.7 Å².